The van der Waals surface area contributed by atoms with Crippen LogP contribution in [0.2, 0.25) is 0 Å². The highest BCUT2D eigenvalue weighted by Gasteiger charge is 2.28. The van der Waals surface area contributed by atoms with Gasteiger partial charge in [-0.3, -0.25) is 4.79 Å². The molecule has 1 N–H and O–H groups in total. The smallest absolute Gasteiger partial charge is 0.240 e. The quantitative estimate of drug-likeness (QED) is 0.861. The number of hydrogen-bond donors (Lipinski definition) is 1. The van der Waals surface area contributed by atoms with Gasteiger partial charge < -0.3 is 5.32 Å². The van der Waals surface area contributed by atoms with Gasteiger partial charge >= 0.3 is 0 Å². The van der Waals surface area contributed by atoms with Gasteiger partial charge in [-0.15, -0.1) is 11.6 Å². The first kappa shape index (κ1) is 9.98. The van der Waals surface area contributed by atoms with Crippen molar-refractivity contribution >= 4 is 39.3 Å². The van der Waals surface area contributed by atoms with Crippen LogP contribution >= 0.6 is 27.5 Å². The molecule has 1 saturated carbocycles. The van der Waals surface area contributed by atoms with Gasteiger partial charge in [-0.25, -0.2) is 4.68 Å². The third kappa shape index (κ3) is 1.93. The molecule has 1 aliphatic rings. The lowest BCUT2D eigenvalue weighted by Gasteiger charge is -2.06. The summed E-state index contributed by atoms with van der Waals surface area (Å²) in [6.45, 7) is 0. The maximum Gasteiger partial charge on any atom is 0.240 e. The Kier molecular flexibility index (Phi) is 2.78. The highest BCUT2D eigenvalue weighted by atomic mass is 79.9. The maximum absolute atomic E-state index is 11.1. The molecular formula is C8H9BrClN3O. The normalized spacial score (nSPS) is 15.6. The summed E-state index contributed by atoms with van der Waals surface area (Å²) in [5, 5.41) is 6.89. The number of nitrogens with one attached hydrogen (secondary N) is 1. The number of nitrogens with zero attached hydrogens (tertiary/aromatic N) is 2. The zero-order chi connectivity index (χ0) is 10.1. The Balaban J connectivity index is 2.21. The molecule has 0 saturated heterocycles. The van der Waals surface area contributed by atoms with Crippen LogP contribution in [0.5, 0.6) is 0 Å². The van der Waals surface area contributed by atoms with E-state index >= 15 is 0 Å². The van der Waals surface area contributed by atoms with Crippen molar-refractivity contribution in [2.45, 2.75) is 18.9 Å². The summed E-state index contributed by atoms with van der Waals surface area (Å²) >= 11 is 8.74. The summed E-state index contributed by atoms with van der Waals surface area (Å²) in [6.07, 6.45) is 3.93. The number of hydrogen-bond acceptors (Lipinski definition) is 2. The lowest BCUT2D eigenvalue weighted by molar-refractivity contribution is -0.114. The van der Waals surface area contributed by atoms with Crippen LogP contribution < -0.4 is 5.32 Å². The molecule has 1 aromatic heterocycles. The van der Waals surface area contributed by atoms with Crippen molar-refractivity contribution in [3.05, 3.63) is 10.7 Å². The number of halogens is 2. The molecule has 4 nitrogen and oxygen atoms in total. The molecule has 1 fully saturated rings. The van der Waals surface area contributed by atoms with Crippen LogP contribution in [-0.2, 0) is 4.79 Å². The summed E-state index contributed by atoms with van der Waals surface area (Å²) in [5.74, 6) is 0.454. The third-order valence-electron chi connectivity index (χ3n) is 2.02. The van der Waals surface area contributed by atoms with Gasteiger partial charge in [-0.2, -0.15) is 5.10 Å². The number of anilines is 1. The van der Waals surface area contributed by atoms with Crippen molar-refractivity contribution in [1.82, 2.24) is 9.78 Å². The van der Waals surface area contributed by atoms with Gasteiger partial charge in [0.15, 0.2) is 0 Å². The minimum Gasteiger partial charge on any atom is -0.309 e. The Morgan fingerprint density at radius 3 is 3.07 bits per heavy atom. The first-order chi connectivity index (χ1) is 6.72. The Morgan fingerprint density at radius 1 is 1.79 bits per heavy atom. The predicted octanol–water partition coefficient (Wildman–Crippen LogP) is 2.16. The molecule has 1 heterocycles. The molecule has 2 rings (SSSR count). The van der Waals surface area contributed by atoms with Gasteiger partial charge in [0.1, 0.15) is 11.7 Å². The fourth-order valence-electron chi connectivity index (χ4n) is 1.22. The van der Waals surface area contributed by atoms with Crippen LogP contribution in [0.4, 0.5) is 5.82 Å². The van der Waals surface area contributed by atoms with Crippen LogP contribution in [0.25, 0.3) is 0 Å². The van der Waals surface area contributed by atoms with E-state index in [1.165, 1.54) is 0 Å². The van der Waals surface area contributed by atoms with E-state index in [-0.39, 0.29) is 11.8 Å². The van der Waals surface area contributed by atoms with Gasteiger partial charge in [0.05, 0.1) is 16.7 Å². The highest BCUT2D eigenvalue weighted by Crippen LogP contribution is 2.38. The van der Waals surface area contributed by atoms with Crippen molar-refractivity contribution < 1.29 is 4.79 Å². The lowest BCUT2D eigenvalue weighted by Crippen LogP contribution is -2.16. The molecule has 0 spiro atoms. The summed E-state index contributed by atoms with van der Waals surface area (Å²) in [7, 11) is 0. The van der Waals surface area contributed by atoms with Gasteiger partial charge in [-0.05, 0) is 28.8 Å². The number of carbonyl (C=O) groups is 1. The SMILES string of the molecule is O=C(CCl)Nc1c(Br)cnn1C1CC1. The average molecular weight is 279 g/mol. The number of alkyl halides is 1. The third-order valence-corrected chi connectivity index (χ3v) is 2.85. The van der Waals surface area contributed by atoms with E-state index in [9.17, 15) is 4.79 Å². The molecule has 0 unspecified atom stereocenters. The van der Waals surface area contributed by atoms with Crippen molar-refractivity contribution in [3.8, 4) is 0 Å². The van der Waals surface area contributed by atoms with Crippen LogP contribution in [-0.4, -0.2) is 21.6 Å². The molecule has 0 radical (unpaired) electrons. The second-order valence-corrected chi connectivity index (χ2v) is 4.32. The molecule has 14 heavy (non-hydrogen) atoms. The van der Waals surface area contributed by atoms with Crippen molar-refractivity contribution in [2.75, 3.05) is 11.2 Å². The fourth-order valence-corrected chi connectivity index (χ4v) is 1.66. The van der Waals surface area contributed by atoms with Gasteiger partial charge in [0.25, 0.3) is 0 Å². The Bertz CT molecular complexity index is 361. The minimum absolute atomic E-state index is 0.0394. The van der Waals surface area contributed by atoms with Crippen LogP contribution in [0.1, 0.15) is 18.9 Å². The first-order valence-corrected chi connectivity index (χ1v) is 5.64. The van der Waals surface area contributed by atoms with Gasteiger partial charge in [0, 0.05) is 0 Å². The zero-order valence-electron chi connectivity index (χ0n) is 7.33. The molecule has 0 aliphatic heterocycles. The second-order valence-electron chi connectivity index (χ2n) is 3.20. The van der Waals surface area contributed by atoms with Crippen LogP contribution in [0.15, 0.2) is 10.7 Å². The summed E-state index contributed by atoms with van der Waals surface area (Å²) in [5.41, 5.74) is 0. The molecule has 1 aliphatic carbocycles. The molecule has 0 atom stereocenters. The maximum atomic E-state index is 11.1. The van der Waals surface area contributed by atoms with E-state index in [4.69, 9.17) is 11.6 Å². The second kappa shape index (κ2) is 3.90. The number of rotatable bonds is 3. The summed E-state index contributed by atoms with van der Waals surface area (Å²) in [6, 6.07) is 0.437. The van der Waals surface area contributed by atoms with Crippen LogP contribution in [0.3, 0.4) is 0 Å². The van der Waals surface area contributed by atoms with Crippen molar-refractivity contribution in [1.29, 1.82) is 0 Å². The van der Waals surface area contributed by atoms with E-state index < -0.39 is 0 Å². The summed E-state index contributed by atoms with van der Waals surface area (Å²) in [4.78, 5) is 11.1. The molecular weight excluding hydrogens is 269 g/mol. The topological polar surface area (TPSA) is 46.9 Å². The average Bonchev–Trinajstić information content (AvgIpc) is 2.95. The molecule has 76 valence electrons. The van der Waals surface area contributed by atoms with Gasteiger partial charge in [-0.1, -0.05) is 0 Å². The number of carbonyl (C=O) groups excluding carboxylic acids is 1. The van der Waals surface area contributed by atoms with Gasteiger partial charge in [0.2, 0.25) is 5.91 Å². The van der Waals surface area contributed by atoms with E-state index in [1.54, 1.807) is 6.20 Å². The monoisotopic (exact) mass is 277 g/mol. The molecule has 1 amide bonds. The first-order valence-electron chi connectivity index (χ1n) is 4.31. The number of amides is 1. The Labute approximate surface area is 94.7 Å². The van der Waals surface area contributed by atoms with Crippen LogP contribution in [0, 0.1) is 0 Å². The molecule has 0 bridgehead atoms. The Morgan fingerprint density at radius 2 is 2.50 bits per heavy atom. The van der Waals surface area contributed by atoms with Crippen molar-refractivity contribution in [3.63, 3.8) is 0 Å². The lowest BCUT2D eigenvalue weighted by atomic mass is 10.5. The Hall–Kier alpha value is -0.550. The van der Waals surface area contributed by atoms with E-state index in [0.29, 0.717) is 11.9 Å². The zero-order valence-corrected chi connectivity index (χ0v) is 9.68. The predicted molar refractivity (Wildman–Crippen MR) is 57.5 cm³/mol. The number of aromatic nitrogens is 2. The summed E-state index contributed by atoms with van der Waals surface area (Å²) < 4.78 is 2.62. The van der Waals surface area contributed by atoms with Crippen molar-refractivity contribution in [2.24, 2.45) is 0 Å². The standard InChI is InChI=1S/C8H9BrClN3O/c9-6-4-11-13(5-1-2-5)8(6)12-7(14)3-10/h4-5H,1-3H2,(H,12,14). The van der Waals surface area contributed by atoms with E-state index in [0.717, 1.165) is 17.3 Å². The fraction of sp³-hybridized carbons (Fsp3) is 0.500. The van der Waals surface area contributed by atoms with E-state index in [2.05, 4.69) is 26.3 Å². The highest BCUT2D eigenvalue weighted by molar-refractivity contribution is 9.10. The molecule has 1 aromatic rings. The molecule has 6 heteroatoms. The largest absolute Gasteiger partial charge is 0.309 e. The van der Waals surface area contributed by atoms with E-state index in [1.807, 2.05) is 4.68 Å². The minimum atomic E-state index is -0.213. The molecule has 0 aromatic carbocycles.